The van der Waals surface area contributed by atoms with E-state index in [4.69, 9.17) is 9.84 Å². The molecule has 0 bridgehead atoms. The Morgan fingerprint density at radius 3 is 2.28 bits per heavy atom. The fourth-order valence-corrected chi connectivity index (χ4v) is 3.64. The van der Waals surface area contributed by atoms with Gasteiger partial charge < -0.3 is 19.8 Å². The van der Waals surface area contributed by atoms with Crippen LogP contribution >= 0.6 is 0 Å². The Bertz CT molecular complexity index is 768. The molecule has 0 radical (unpaired) electrons. The normalized spacial score (nSPS) is 15.9. The number of carboxylic acid groups (broad SMARTS) is 1. The molecular formula is C23H30N2O4. The molecule has 1 fully saturated rings. The monoisotopic (exact) mass is 398 g/mol. The molecule has 6 nitrogen and oxygen atoms in total. The van der Waals surface area contributed by atoms with Crippen LogP contribution in [0.3, 0.4) is 0 Å². The molecule has 1 aliphatic heterocycles. The number of ether oxygens (including phenoxy) is 1. The predicted octanol–water partition coefficient (Wildman–Crippen LogP) is 2.96. The Morgan fingerprint density at radius 2 is 1.69 bits per heavy atom. The minimum Gasteiger partial charge on any atom is -0.497 e. The third-order valence-electron chi connectivity index (χ3n) is 5.52. The van der Waals surface area contributed by atoms with Crippen LogP contribution < -0.4 is 9.64 Å². The van der Waals surface area contributed by atoms with Crippen LogP contribution in [0.1, 0.15) is 30.1 Å². The topological polar surface area (TPSA) is 73.2 Å². The first-order valence-electron chi connectivity index (χ1n) is 10.1. The van der Waals surface area contributed by atoms with E-state index in [0.29, 0.717) is 0 Å². The van der Waals surface area contributed by atoms with Crippen LogP contribution in [0, 0.1) is 0 Å². The molecule has 1 aliphatic rings. The van der Waals surface area contributed by atoms with Crippen LogP contribution in [-0.2, 0) is 11.2 Å². The molecule has 1 heterocycles. The number of carboxylic acids is 1. The Morgan fingerprint density at radius 1 is 1.03 bits per heavy atom. The van der Waals surface area contributed by atoms with E-state index in [-0.39, 0.29) is 12.8 Å². The van der Waals surface area contributed by atoms with E-state index in [1.165, 1.54) is 11.3 Å². The highest BCUT2D eigenvalue weighted by Crippen LogP contribution is 2.21. The predicted molar refractivity (Wildman–Crippen MR) is 114 cm³/mol. The van der Waals surface area contributed by atoms with Crippen molar-refractivity contribution in [1.29, 1.82) is 0 Å². The molecule has 0 aliphatic carbocycles. The van der Waals surface area contributed by atoms with E-state index in [1.807, 2.05) is 36.4 Å². The number of hydrogen-bond donors (Lipinski definition) is 2. The van der Waals surface area contributed by atoms with E-state index in [9.17, 15) is 9.90 Å². The fraction of sp³-hybridized carbons (Fsp3) is 0.435. The third-order valence-corrected chi connectivity index (χ3v) is 5.52. The van der Waals surface area contributed by atoms with E-state index < -0.39 is 12.1 Å². The summed E-state index contributed by atoms with van der Waals surface area (Å²) >= 11 is 0. The zero-order valence-electron chi connectivity index (χ0n) is 17.0. The van der Waals surface area contributed by atoms with Crippen molar-refractivity contribution in [3.8, 4) is 5.75 Å². The van der Waals surface area contributed by atoms with Crippen molar-refractivity contribution < 1.29 is 19.7 Å². The van der Waals surface area contributed by atoms with Crippen LogP contribution in [0.25, 0.3) is 0 Å². The Kier molecular flexibility index (Phi) is 7.49. The molecule has 3 rings (SSSR count). The molecule has 6 heteroatoms. The average molecular weight is 399 g/mol. The molecule has 2 aromatic rings. The highest BCUT2D eigenvalue weighted by Gasteiger charge is 2.17. The van der Waals surface area contributed by atoms with Gasteiger partial charge in [0.1, 0.15) is 5.75 Å². The number of hydrogen-bond acceptors (Lipinski definition) is 5. The van der Waals surface area contributed by atoms with Gasteiger partial charge in [0.15, 0.2) is 0 Å². The lowest BCUT2D eigenvalue weighted by Crippen LogP contribution is -2.46. The third kappa shape index (κ3) is 6.21. The van der Waals surface area contributed by atoms with E-state index in [2.05, 4.69) is 21.9 Å². The molecule has 2 aromatic carbocycles. The smallest absolute Gasteiger partial charge is 0.303 e. The summed E-state index contributed by atoms with van der Waals surface area (Å²) in [7, 11) is 1.68. The number of piperazine rings is 1. The Labute approximate surface area is 172 Å². The van der Waals surface area contributed by atoms with Crippen molar-refractivity contribution in [2.45, 2.75) is 25.4 Å². The van der Waals surface area contributed by atoms with Gasteiger partial charge in [-0.3, -0.25) is 9.69 Å². The minimum absolute atomic E-state index is 0.0224. The van der Waals surface area contributed by atoms with E-state index in [0.717, 1.165) is 50.5 Å². The van der Waals surface area contributed by atoms with Crippen molar-refractivity contribution in [3.05, 3.63) is 59.7 Å². The lowest BCUT2D eigenvalue weighted by Gasteiger charge is -2.36. The van der Waals surface area contributed by atoms with Gasteiger partial charge in [-0.1, -0.05) is 24.3 Å². The molecule has 1 atom stereocenters. The van der Waals surface area contributed by atoms with Crippen molar-refractivity contribution in [1.82, 2.24) is 4.90 Å². The first-order chi connectivity index (χ1) is 14.0. The summed E-state index contributed by atoms with van der Waals surface area (Å²) in [6.07, 6.45) is 0.471. The standard InChI is InChI=1S/C23H30N2O4/c1-29-21-8-6-20(7-9-21)25-16-14-24(15-17-25)13-12-18-2-4-19(5-3-18)22(26)10-11-23(27)28/h2-9,22,26H,10-17H2,1H3,(H,27,28). The van der Waals surface area contributed by atoms with Gasteiger partial charge in [-0.15, -0.1) is 0 Å². The van der Waals surface area contributed by atoms with Crippen LogP contribution in [0.5, 0.6) is 5.75 Å². The summed E-state index contributed by atoms with van der Waals surface area (Å²) in [6.45, 7) is 5.12. The Balaban J connectivity index is 1.42. The molecule has 0 aromatic heterocycles. The molecular weight excluding hydrogens is 368 g/mol. The van der Waals surface area contributed by atoms with Gasteiger partial charge in [0.2, 0.25) is 0 Å². The second-order valence-corrected chi connectivity index (χ2v) is 7.47. The van der Waals surface area contributed by atoms with Crippen LogP contribution in [0.4, 0.5) is 5.69 Å². The van der Waals surface area contributed by atoms with E-state index >= 15 is 0 Å². The lowest BCUT2D eigenvalue weighted by atomic mass is 10.0. The van der Waals surface area contributed by atoms with Crippen molar-refractivity contribution in [2.24, 2.45) is 0 Å². The summed E-state index contributed by atoms with van der Waals surface area (Å²) in [5.41, 5.74) is 3.25. The molecule has 29 heavy (non-hydrogen) atoms. The summed E-state index contributed by atoms with van der Waals surface area (Å²) < 4.78 is 5.23. The van der Waals surface area contributed by atoms with Crippen molar-refractivity contribution >= 4 is 11.7 Å². The quantitative estimate of drug-likeness (QED) is 0.677. The first kappa shape index (κ1) is 21.1. The highest BCUT2D eigenvalue weighted by molar-refractivity contribution is 5.66. The zero-order valence-corrected chi connectivity index (χ0v) is 17.0. The maximum atomic E-state index is 10.6. The minimum atomic E-state index is -0.882. The van der Waals surface area contributed by atoms with Crippen molar-refractivity contribution in [2.75, 3.05) is 44.7 Å². The number of nitrogens with zero attached hydrogens (tertiary/aromatic N) is 2. The van der Waals surface area contributed by atoms with Gasteiger partial charge >= 0.3 is 5.97 Å². The maximum absolute atomic E-state index is 10.6. The van der Waals surface area contributed by atoms with Gasteiger partial charge in [-0.05, 0) is 48.2 Å². The molecule has 1 saturated heterocycles. The van der Waals surface area contributed by atoms with Gasteiger partial charge in [0.25, 0.3) is 0 Å². The number of aliphatic hydroxyl groups excluding tert-OH is 1. The Hall–Kier alpha value is -2.57. The summed E-state index contributed by atoms with van der Waals surface area (Å²) in [6, 6.07) is 16.1. The van der Waals surface area contributed by atoms with Crippen LogP contribution in [0.15, 0.2) is 48.5 Å². The number of carbonyl (C=O) groups is 1. The SMILES string of the molecule is COc1ccc(N2CCN(CCc3ccc(C(O)CCC(=O)O)cc3)CC2)cc1. The second kappa shape index (κ2) is 10.3. The number of anilines is 1. The molecule has 156 valence electrons. The molecule has 1 unspecified atom stereocenters. The highest BCUT2D eigenvalue weighted by atomic mass is 16.5. The van der Waals surface area contributed by atoms with Gasteiger partial charge in [0, 0.05) is 44.8 Å². The largest absolute Gasteiger partial charge is 0.497 e. The van der Waals surface area contributed by atoms with Crippen LogP contribution in [-0.4, -0.2) is 60.9 Å². The van der Waals surface area contributed by atoms with Crippen LogP contribution in [0.2, 0.25) is 0 Å². The molecule has 0 saturated carbocycles. The first-order valence-corrected chi connectivity index (χ1v) is 10.1. The molecule has 0 spiro atoms. The van der Waals surface area contributed by atoms with Crippen molar-refractivity contribution in [3.63, 3.8) is 0 Å². The number of aliphatic carboxylic acids is 1. The average Bonchev–Trinajstić information content (AvgIpc) is 2.77. The van der Waals surface area contributed by atoms with E-state index in [1.54, 1.807) is 7.11 Å². The zero-order chi connectivity index (χ0) is 20.6. The van der Waals surface area contributed by atoms with Gasteiger partial charge in [0.05, 0.1) is 13.2 Å². The molecule has 0 amide bonds. The number of methoxy groups -OCH3 is 1. The maximum Gasteiger partial charge on any atom is 0.303 e. The summed E-state index contributed by atoms with van der Waals surface area (Å²) in [5.74, 6) is 0.000525. The van der Waals surface area contributed by atoms with Gasteiger partial charge in [-0.2, -0.15) is 0 Å². The fourth-order valence-electron chi connectivity index (χ4n) is 3.64. The lowest BCUT2D eigenvalue weighted by molar-refractivity contribution is -0.137. The molecule has 2 N–H and O–H groups in total. The summed E-state index contributed by atoms with van der Waals surface area (Å²) in [5, 5.41) is 18.8. The number of benzene rings is 2. The van der Waals surface area contributed by atoms with Gasteiger partial charge in [-0.25, -0.2) is 0 Å². The number of aliphatic hydroxyl groups is 1. The summed E-state index contributed by atoms with van der Waals surface area (Å²) in [4.78, 5) is 15.5. The second-order valence-electron chi connectivity index (χ2n) is 7.47. The number of rotatable bonds is 9.